The normalized spacial score (nSPS) is 12.0. The molecule has 4 nitrogen and oxygen atoms in total. The topological polar surface area (TPSA) is 41.6 Å². The number of ether oxygens (including phenoxy) is 1. The minimum Gasteiger partial charge on any atom is -0.497 e. The second-order valence-corrected chi connectivity index (χ2v) is 8.64. The number of hydrogen-bond donors (Lipinski definition) is 1. The van der Waals surface area contributed by atoms with Gasteiger partial charge < -0.3 is 10.1 Å². The Morgan fingerprint density at radius 1 is 1.10 bits per heavy atom. The van der Waals surface area contributed by atoms with Crippen molar-refractivity contribution in [2.75, 3.05) is 20.2 Å². The van der Waals surface area contributed by atoms with E-state index in [0.717, 1.165) is 23.3 Å². The molecule has 0 spiro atoms. The Bertz CT molecular complexity index is 927. The Balaban J connectivity index is 1.58. The van der Waals surface area contributed by atoms with Gasteiger partial charge in [-0.2, -0.15) is 0 Å². The average molecular weight is 441 g/mol. The molecule has 0 aliphatic carbocycles. The van der Waals surface area contributed by atoms with Gasteiger partial charge in [-0.05, 0) is 66.6 Å². The lowest BCUT2D eigenvalue weighted by Gasteiger charge is -2.28. The van der Waals surface area contributed by atoms with Crippen molar-refractivity contribution in [3.63, 3.8) is 0 Å². The lowest BCUT2D eigenvalue weighted by Crippen LogP contribution is -2.42. The third-order valence-electron chi connectivity index (χ3n) is 5.24. The maximum Gasteiger partial charge on any atom is 0.234 e. The van der Waals surface area contributed by atoms with Crippen molar-refractivity contribution in [2.45, 2.75) is 32.4 Å². The summed E-state index contributed by atoms with van der Waals surface area (Å²) in [6.45, 7) is 3.69. The molecule has 2 aromatic carbocycles. The van der Waals surface area contributed by atoms with Crippen LogP contribution in [-0.2, 0) is 24.2 Å². The van der Waals surface area contributed by atoms with Crippen molar-refractivity contribution < 1.29 is 13.9 Å². The summed E-state index contributed by atoms with van der Waals surface area (Å²) in [5.41, 5.74) is 2.14. The van der Waals surface area contributed by atoms with Gasteiger partial charge in [0.15, 0.2) is 0 Å². The first-order valence-corrected chi connectivity index (χ1v) is 11.3. The Kier molecular flexibility index (Phi) is 8.62. The molecule has 0 radical (unpaired) electrons. The number of nitrogens with zero attached hydrogens (tertiary/aromatic N) is 1. The maximum absolute atomic E-state index is 13.0. The van der Waals surface area contributed by atoms with E-state index in [1.807, 2.05) is 24.3 Å². The molecule has 0 fully saturated rings. The Morgan fingerprint density at radius 2 is 1.81 bits per heavy atom. The fraction of sp³-hybridized carbons (Fsp3) is 0.320. The van der Waals surface area contributed by atoms with Crippen molar-refractivity contribution in [3.8, 4) is 5.75 Å². The largest absolute Gasteiger partial charge is 0.497 e. The number of nitrogens with one attached hydrogen (secondary N) is 1. The molecular formula is C25H29FN2O2S. The fourth-order valence-corrected chi connectivity index (χ4v) is 4.25. The van der Waals surface area contributed by atoms with Crippen LogP contribution in [0.1, 0.15) is 22.9 Å². The zero-order valence-corrected chi connectivity index (χ0v) is 18.8. The first-order valence-electron chi connectivity index (χ1n) is 10.4. The molecule has 3 rings (SSSR count). The number of carbonyl (C=O) groups excluding carboxylic acids is 1. The van der Waals surface area contributed by atoms with Crippen LogP contribution in [-0.4, -0.2) is 37.0 Å². The van der Waals surface area contributed by atoms with Crippen molar-refractivity contribution in [2.24, 2.45) is 0 Å². The first kappa shape index (κ1) is 23.0. The molecule has 164 valence electrons. The highest BCUT2D eigenvalue weighted by Gasteiger charge is 2.18. The molecule has 0 aliphatic rings. The molecular weight excluding hydrogens is 411 g/mol. The minimum atomic E-state index is -0.248. The Hall–Kier alpha value is -2.70. The van der Waals surface area contributed by atoms with Crippen molar-refractivity contribution in [3.05, 3.63) is 87.9 Å². The summed E-state index contributed by atoms with van der Waals surface area (Å²) in [4.78, 5) is 16.2. The summed E-state index contributed by atoms with van der Waals surface area (Å²) >= 11 is 1.74. The van der Waals surface area contributed by atoms with Gasteiger partial charge in [-0.25, -0.2) is 4.39 Å². The van der Waals surface area contributed by atoms with Gasteiger partial charge in [0, 0.05) is 24.0 Å². The predicted molar refractivity (Wildman–Crippen MR) is 124 cm³/mol. The summed E-state index contributed by atoms with van der Waals surface area (Å²) < 4.78 is 18.3. The third kappa shape index (κ3) is 7.49. The van der Waals surface area contributed by atoms with Gasteiger partial charge in [0.1, 0.15) is 11.6 Å². The summed E-state index contributed by atoms with van der Waals surface area (Å²) in [6.07, 6.45) is 1.58. The Labute approximate surface area is 187 Å². The third-order valence-corrected chi connectivity index (χ3v) is 6.14. The molecule has 0 saturated heterocycles. The molecule has 1 atom stereocenters. The van der Waals surface area contributed by atoms with Crippen LogP contribution in [0, 0.1) is 5.82 Å². The molecule has 1 N–H and O–H groups in total. The number of thiophene rings is 1. The van der Waals surface area contributed by atoms with Gasteiger partial charge in [0.25, 0.3) is 0 Å². The molecule has 31 heavy (non-hydrogen) atoms. The van der Waals surface area contributed by atoms with Crippen LogP contribution < -0.4 is 10.1 Å². The highest BCUT2D eigenvalue weighted by Crippen LogP contribution is 2.18. The highest BCUT2D eigenvalue weighted by atomic mass is 32.1. The summed E-state index contributed by atoms with van der Waals surface area (Å²) in [5.74, 6) is 0.566. The fourth-order valence-electron chi connectivity index (χ4n) is 3.42. The molecule has 1 heterocycles. The lowest BCUT2D eigenvalue weighted by molar-refractivity contribution is -0.122. The van der Waals surface area contributed by atoms with Gasteiger partial charge >= 0.3 is 0 Å². The van der Waals surface area contributed by atoms with Gasteiger partial charge in [-0.3, -0.25) is 9.69 Å². The standard InChI is InChI=1S/C25H29FN2O2S/c1-19(16-24-4-3-15-31-24)28(17-21-7-11-23(30-2)12-8-21)18-25(29)27-14-13-20-5-9-22(26)10-6-20/h3-12,15,19H,13-14,16-18H2,1-2H3,(H,27,29)/t19-/m1/s1. The van der Waals surface area contributed by atoms with Gasteiger partial charge in [-0.15, -0.1) is 11.3 Å². The quantitative estimate of drug-likeness (QED) is 0.470. The average Bonchev–Trinajstić information content (AvgIpc) is 3.28. The lowest BCUT2D eigenvalue weighted by atomic mass is 10.1. The van der Waals surface area contributed by atoms with E-state index in [1.165, 1.54) is 17.0 Å². The van der Waals surface area contributed by atoms with Crippen LogP contribution in [0.15, 0.2) is 66.0 Å². The number of halogens is 1. The molecule has 0 aliphatic heterocycles. The van der Waals surface area contributed by atoms with E-state index >= 15 is 0 Å². The number of rotatable bonds is 11. The predicted octanol–water partition coefficient (Wildman–Crippen LogP) is 4.69. The van der Waals surface area contributed by atoms with E-state index in [9.17, 15) is 9.18 Å². The van der Waals surface area contributed by atoms with Crippen molar-refractivity contribution in [1.29, 1.82) is 0 Å². The van der Waals surface area contributed by atoms with E-state index < -0.39 is 0 Å². The van der Waals surface area contributed by atoms with Crippen LogP contribution in [0.25, 0.3) is 0 Å². The second kappa shape index (κ2) is 11.6. The molecule has 1 aromatic heterocycles. The summed E-state index contributed by atoms with van der Waals surface area (Å²) in [5, 5.41) is 5.08. The van der Waals surface area contributed by atoms with Gasteiger partial charge in [0.2, 0.25) is 5.91 Å². The van der Waals surface area contributed by atoms with Crippen molar-refractivity contribution in [1.82, 2.24) is 10.2 Å². The number of benzene rings is 2. The second-order valence-electron chi connectivity index (χ2n) is 7.61. The summed E-state index contributed by atoms with van der Waals surface area (Å²) in [7, 11) is 1.65. The zero-order valence-electron chi connectivity index (χ0n) is 18.0. The summed E-state index contributed by atoms with van der Waals surface area (Å²) in [6, 6.07) is 18.8. The van der Waals surface area contributed by atoms with Crippen LogP contribution >= 0.6 is 11.3 Å². The minimum absolute atomic E-state index is 0.00588. The smallest absolute Gasteiger partial charge is 0.234 e. The molecule has 0 bridgehead atoms. The first-order chi connectivity index (χ1) is 15.0. The van der Waals surface area contributed by atoms with Crippen LogP contribution in [0.4, 0.5) is 4.39 Å². The number of hydrogen-bond acceptors (Lipinski definition) is 4. The molecule has 3 aromatic rings. The van der Waals surface area contributed by atoms with Crippen molar-refractivity contribution >= 4 is 17.2 Å². The Morgan fingerprint density at radius 3 is 2.45 bits per heavy atom. The molecule has 0 saturated carbocycles. The number of amides is 1. The van der Waals surface area contributed by atoms with Gasteiger partial charge in [0.05, 0.1) is 13.7 Å². The van der Waals surface area contributed by atoms with E-state index in [0.29, 0.717) is 26.1 Å². The van der Waals surface area contributed by atoms with Crippen LogP contribution in [0.2, 0.25) is 0 Å². The SMILES string of the molecule is COc1ccc(CN(CC(=O)NCCc2ccc(F)cc2)[C@H](C)Cc2cccs2)cc1. The van der Waals surface area contributed by atoms with Crippen LogP contribution in [0.3, 0.4) is 0 Å². The van der Waals surface area contributed by atoms with E-state index in [2.05, 4.69) is 34.7 Å². The number of methoxy groups -OCH3 is 1. The van der Waals surface area contributed by atoms with Crippen LogP contribution in [0.5, 0.6) is 5.75 Å². The number of carbonyl (C=O) groups is 1. The highest BCUT2D eigenvalue weighted by molar-refractivity contribution is 7.09. The molecule has 1 amide bonds. The monoisotopic (exact) mass is 440 g/mol. The van der Waals surface area contributed by atoms with E-state index in [-0.39, 0.29) is 17.8 Å². The molecule has 6 heteroatoms. The van der Waals surface area contributed by atoms with E-state index in [1.54, 1.807) is 30.6 Å². The molecule has 0 unspecified atom stereocenters. The van der Waals surface area contributed by atoms with Gasteiger partial charge in [-0.1, -0.05) is 30.3 Å². The van der Waals surface area contributed by atoms with E-state index in [4.69, 9.17) is 4.74 Å². The zero-order chi connectivity index (χ0) is 22.1. The maximum atomic E-state index is 13.0.